The van der Waals surface area contributed by atoms with Crippen molar-refractivity contribution >= 4 is 28.2 Å². The number of likely N-dealkylation sites (tertiary alicyclic amines) is 1. The number of nitrogens with zero attached hydrogens (tertiary/aromatic N) is 5. The third-order valence-electron chi connectivity index (χ3n) is 5.82. The summed E-state index contributed by atoms with van der Waals surface area (Å²) in [6.07, 6.45) is -3.07. The molecular formula is C24H24F3N5O4S. The van der Waals surface area contributed by atoms with Gasteiger partial charge in [-0.2, -0.15) is 18.2 Å². The van der Waals surface area contributed by atoms with Gasteiger partial charge in [0.25, 0.3) is 0 Å². The number of hydrogen-bond acceptors (Lipinski definition) is 9. The number of ether oxygens (including phenoxy) is 1. The second-order valence-corrected chi connectivity index (χ2v) is 9.46. The van der Waals surface area contributed by atoms with E-state index in [9.17, 15) is 13.2 Å². The number of alkyl halides is 3. The van der Waals surface area contributed by atoms with Crippen LogP contribution in [-0.2, 0) is 11.3 Å². The smallest absolute Gasteiger partial charge is 0.481 e. The van der Waals surface area contributed by atoms with E-state index in [0.29, 0.717) is 17.6 Å². The first-order chi connectivity index (χ1) is 17.6. The van der Waals surface area contributed by atoms with Gasteiger partial charge in [0.05, 0.1) is 23.3 Å². The summed E-state index contributed by atoms with van der Waals surface area (Å²) in [5.74, 6) is -0.626. The van der Waals surface area contributed by atoms with E-state index in [2.05, 4.69) is 32.3 Å². The molecule has 37 heavy (non-hydrogen) atoms. The summed E-state index contributed by atoms with van der Waals surface area (Å²) in [6, 6.07) is 9.80. The maximum absolute atomic E-state index is 10.6. The second-order valence-electron chi connectivity index (χ2n) is 8.40. The lowest BCUT2D eigenvalue weighted by molar-refractivity contribution is -0.192. The molecule has 0 unspecified atom stereocenters. The second kappa shape index (κ2) is 11.2. The van der Waals surface area contributed by atoms with Gasteiger partial charge in [0, 0.05) is 34.9 Å². The molecular weight excluding hydrogens is 511 g/mol. The minimum absolute atomic E-state index is 0.287. The van der Waals surface area contributed by atoms with E-state index in [0.717, 1.165) is 59.6 Å². The van der Waals surface area contributed by atoms with Crippen LogP contribution in [0.25, 0.3) is 22.3 Å². The van der Waals surface area contributed by atoms with Gasteiger partial charge in [-0.15, -0.1) is 11.3 Å². The highest BCUT2D eigenvalue weighted by molar-refractivity contribution is 7.09. The Bertz CT molecular complexity index is 1370. The lowest BCUT2D eigenvalue weighted by Gasteiger charge is -2.29. The zero-order valence-corrected chi connectivity index (χ0v) is 20.8. The number of carbonyl (C=O) groups is 1. The Morgan fingerprint density at radius 1 is 1.22 bits per heavy atom. The standard InChI is InChI=1S/C22H23N5O2S.C2HF3O2/c1-14-23-16(13-30-14)12-27-9-7-15(8-10-27)22-25-21(26-29-22)18-11-20(28-2)24-19-6-4-3-5-17(18)19;3-2(4,5)1(6)7/h3-6,11,13,15H,7-10,12H2,1-2H3;(H,6,7). The van der Waals surface area contributed by atoms with Crippen LogP contribution in [0.4, 0.5) is 13.2 Å². The van der Waals surface area contributed by atoms with Gasteiger partial charge in [-0.05, 0) is 38.9 Å². The molecule has 0 radical (unpaired) electrons. The molecule has 0 bridgehead atoms. The number of piperidine rings is 1. The normalized spacial score (nSPS) is 14.8. The Hall–Kier alpha value is -3.58. The number of benzene rings is 1. The van der Waals surface area contributed by atoms with Crippen LogP contribution in [0.2, 0.25) is 0 Å². The highest BCUT2D eigenvalue weighted by Crippen LogP contribution is 2.32. The fraction of sp³-hybridized carbons (Fsp3) is 0.375. The highest BCUT2D eigenvalue weighted by atomic mass is 32.1. The van der Waals surface area contributed by atoms with Crippen LogP contribution in [0.15, 0.2) is 40.2 Å². The first-order valence-electron chi connectivity index (χ1n) is 11.3. The summed E-state index contributed by atoms with van der Waals surface area (Å²) in [5.41, 5.74) is 2.89. The number of carboxylic acids is 1. The maximum atomic E-state index is 10.6. The molecule has 1 saturated heterocycles. The summed E-state index contributed by atoms with van der Waals surface area (Å²) >= 11 is 1.71. The molecule has 0 saturated carbocycles. The summed E-state index contributed by atoms with van der Waals surface area (Å²) in [5, 5.41) is 15.7. The summed E-state index contributed by atoms with van der Waals surface area (Å²) in [7, 11) is 1.61. The Kier molecular flexibility index (Phi) is 8.03. The lowest BCUT2D eigenvalue weighted by atomic mass is 9.96. The van der Waals surface area contributed by atoms with E-state index in [1.165, 1.54) is 0 Å². The van der Waals surface area contributed by atoms with E-state index < -0.39 is 12.1 Å². The van der Waals surface area contributed by atoms with Crippen molar-refractivity contribution in [3.63, 3.8) is 0 Å². The molecule has 196 valence electrons. The number of thiazole rings is 1. The highest BCUT2D eigenvalue weighted by Gasteiger charge is 2.38. The third-order valence-corrected chi connectivity index (χ3v) is 6.64. The minimum atomic E-state index is -5.08. The number of fused-ring (bicyclic) bond motifs is 1. The molecule has 0 aliphatic carbocycles. The van der Waals surface area contributed by atoms with Crippen molar-refractivity contribution in [1.82, 2.24) is 25.0 Å². The van der Waals surface area contributed by atoms with Gasteiger partial charge in [0.15, 0.2) is 0 Å². The van der Waals surface area contributed by atoms with E-state index in [4.69, 9.17) is 24.1 Å². The van der Waals surface area contributed by atoms with Gasteiger partial charge < -0.3 is 14.4 Å². The van der Waals surface area contributed by atoms with Gasteiger partial charge >= 0.3 is 12.1 Å². The average Bonchev–Trinajstić information content (AvgIpc) is 3.53. The van der Waals surface area contributed by atoms with Crippen LogP contribution in [0.5, 0.6) is 5.88 Å². The summed E-state index contributed by atoms with van der Waals surface area (Å²) in [6.45, 7) is 4.97. The molecule has 3 aromatic heterocycles. The van der Waals surface area contributed by atoms with E-state index in [1.54, 1.807) is 18.4 Å². The minimum Gasteiger partial charge on any atom is -0.481 e. The van der Waals surface area contributed by atoms with Crippen molar-refractivity contribution in [2.24, 2.45) is 0 Å². The Balaban J connectivity index is 0.000000405. The van der Waals surface area contributed by atoms with Crippen LogP contribution >= 0.6 is 11.3 Å². The zero-order valence-electron chi connectivity index (χ0n) is 20.0. The molecule has 9 nitrogen and oxygen atoms in total. The largest absolute Gasteiger partial charge is 0.490 e. The van der Waals surface area contributed by atoms with E-state index >= 15 is 0 Å². The molecule has 13 heteroatoms. The Morgan fingerprint density at radius 3 is 2.54 bits per heavy atom. The molecule has 1 aliphatic rings. The number of pyridine rings is 1. The number of hydrogen-bond donors (Lipinski definition) is 1. The van der Waals surface area contributed by atoms with Crippen molar-refractivity contribution < 1.29 is 32.3 Å². The molecule has 5 rings (SSSR count). The molecule has 1 N–H and O–H groups in total. The van der Waals surface area contributed by atoms with Crippen molar-refractivity contribution in [2.45, 2.75) is 38.4 Å². The quantitative estimate of drug-likeness (QED) is 0.374. The van der Waals surface area contributed by atoms with E-state index in [-0.39, 0.29) is 5.92 Å². The number of para-hydroxylation sites is 1. The van der Waals surface area contributed by atoms with Gasteiger partial charge in [0.2, 0.25) is 17.6 Å². The van der Waals surface area contributed by atoms with Crippen molar-refractivity contribution in [2.75, 3.05) is 20.2 Å². The predicted molar refractivity (Wildman–Crippen MR) is 129 cm³/mol. The monoisotopic (exact) mass is 535 g/mol. The fourth-order valence-corrected chi connectivity index (χ4v) is 4.60. The SMILES string of the molecule is COc1cc(-c2noc(C3CCN(Cc4csc(C)n4)CC3)n2)c2ccccc2n1.O=C(O)C(F)(F)F. The van der Waals surface area contributed by atoms with Crippen molar-refractivity contribution in [3.05, 3.63) is 52.3 Å². The van der Waals surface area contributed by atoms with Crippen LogP contribution in [0.1, 0.15) is 35.4 Å². The van der Waals surface area contributed by atoms with Gasteiger partial charge in [-0.3, -0.25) is 4.90 Å². The maximum Gasteiger partial charge on any atom is 0.490 e. The van der Waals surface area contributed by atoms with Crippen LogP contribution in [0.3, 0.4) is 0 Å². The van der Waals surface area contributed by atoms with Gasteiger partial charge in [0.1, 0.15) is 0 Å². The Labute approximate surface area is 213 Å². The molecule has 0 amide bonds. The van der Waals surface area contributed by atoms with Crippen LogP contribution in [-0.4, -0.2) is 62.5 Å². The number of rotatable bonds is 5. The molecule has 1 aliphatic heterocycles. The van der Waals surface area contributed by atoms with Gasteiger partial charge in [-0.1, -0.05) is 23.4 Å². The number of aromatic nitrogens is 4. The zero-order chi connectivity index (χ0) is 26.6. The molecule has 4 heterocycles. The van der Waals surface area contributed by atoms with Crippen molar-refractivity contribution in [1.29, 1.82) is 0 Å². The lowest BCUT2D eigenvalue weighted by Crippen LogP contribution is -2.32. The predicted octanol–water partition coefficient (Wildman–Crippen LogP) is 5.07. The number of aliphatic carboxylic acids is 1. The average molecular weight is 536 g/mol. The number of methoxy groups -OCH3 is 1. The molecule has 0 spiro atoms. The van der Waals surface area contributed by atoms with Gasteiger partial charge in [-0.25, -0.2) is 14.8 Å². The number of carboxylic acid groups (broad SMARTS) is 1. The van der Waals surface area contributed by atoms with Crippen LogP contribution < -0.4 is 4.74 Å². The number of halogens is 3. The van der Waals surface area contributed by atoms with Crippen LogP contribution in [0, 0.1) is 6.92 Å². The summed E-state index contributed by atoms with van der Waals surface area (Å²) < 4.78 is 42.8. The molecule has 1 fully saturated rings. The molecule has 0 atom stereocenters. The third kappa shape index (κ3) is 6.60. The fourth-order valence-electron chi connectivity index (χ4n) is 4.00. The summed E-state index contributed by atoms with van der Waals surface area (Å²) in [4.78, 5) is 25.2. The molecule has 1 aromatic carbocycles. The first kappa shape index (κ1) is 26.5. The Morgan fingerprint density at radius 2 is 1.92 bits per heavy atom. The van der Waals surface area contributed by atoms with Crippen molar-refractivity contribution in [3.8, 4) is 17.3 Å². The molecule has 4 aromatic rings. The topological polar surface area (TPSA) is 114 Å². The van der Waals surface area contributed by atoms with E-state index in [1.807, 2.05) is 30.3 Å². The number of aryl methyl sites for hydroxylation is 1. The first-order valence-corrected chi connectivity index (χ1v) is 12.2.